The Balaban J connectivity index is 0.923. The fourth-order valence-electron chi connectivity index (χ4n) is 8.96. The third-order valence-electron chi connectivity index (χ3n) is 12.2. The van der Waals surface area contributed by atoms with Gasteiger partial charge in [-0.2, -0.15) is 5.10 Å². The molecule has 1 unspecified atom stereocenters. The molecule has 3 atom stereocenters. The van der Waals surface area contributed by atoms with Gasteiger partial charge in [-0.1, -0.05) is 12.1 Å². The number of carbonyl (C=O) groups is 3. The molecule has 4 saturated heterocycles. The molecule has 1 spiro atoms. The number of nitrogens with zero attached hydrogens (tertiary/aromatic N) is 5. The number of halogens is 1. The van der Waals surface area contributed by atoms with Crippen molar-refractivity contribution in [3.8, 4) is 0 Å². The Labute approximate surface area is 304 Å². The summed E-state index contributed by atoms with van der Waals surface area (Å²) in [6.45, 7) is 8.45. The van der Waals surface area contributed by atoms with Crippen LogP contribution in [0.15, 0.2) is 47.4 Å². The first kappa shape index (κ1) is 35.8. The zero-order valence-electron chi connectivity index (χ0n) is 30.7. The summed E-state index contributed by atoms with van der Waals surface area (Å²) in [6.07, 6.45) is 7.06. The first-order valence-electron chi connectivity index (χ1n) is 18.7. The van der Waals surface area contributed by atoms with Gasteiger partial charge < -0.3 is 20.0 Å². The largest absolute Gasteiger partial charge is 0.379 e. The minimum absolute atomic E-state index is 0.0708. The Bertz CT molecular complexity index is 1910. The molecule has 3 aromatic rings. The third-order valence-corrected chi connectivity index (χ3v) is 12.2. The van der Waals surface area contributed by atoms with Crippen LogP contribution in [-0.2, 0) is 16.6 Å². The van der Waals surface area contributed by atoms with Crippen molar-refractivity contribution >= 4 is 29.1 Å². The Hall–Kier alpha value is -4.58. The van der Waals surface area contributed by atoms with Crippen LogP contribution >= 0.6 is 0 Å². The summed E-state index contributed by atoms with van der Waals surface area (Å²) < 4.78 is 16.8. The number of hydrogen-bond donors (Lipinski definition) is 2. The molecule has 12 heteroatoms. The molecule has 52 heavy (non-hydrogen) atoms. The Morgan fingerprint density at radius 1 is 0.962 bits per heavy atom. The monoisotopic (exact) mass is 711 g/mol. The normalized spacial score (nSPS) is 23.8. The molecule has 11 nitrogen and oxygen atoms in total. The number of aryl methyl sites for hydroxylation is 2. The summed E-state index contributed by atoms with van der Waals surface area (Å²) in [5.41, 5.74) is 5.50. The smallest absolute Gasteiger partial charge is 0.271 e. The quantitative estimate of drug-likeness (QED) is 0.360. The maximum atomic E-state index is 15.5. The molecule has 4 aliphatic heterocycles. The van der Waals surface area contributed by atoms with Crippen LogP contribution < -0.4 is 21.1 Å². The second-order valence-corrected chi connectivity index (χ2v) is 15.7. The summed E-state index contributed by atoms with van der Waals surface area (Å²) in [6, 6.07) is 11.6. The lowest BCUT2D eigenvalue weighted by Gasteiger charge is -2.47. The fraction of sp³-hybridized carbons (Fsp3) is 0.525. The molecule has 0 bridgehead atoms. The van der Waals surface area contributed by atoms with E-state index in [-0.39, 0.29) is 47.0 Å². The summed E-state index contributed by atoms with van der Waals surface area (Å²) in [5, 5.41) is 10.1. The van der Waals surface area contributed by atoms with Crippen molar-refractivity contribution in [2.75, 3.05) is 56.5 Å². The second-order valence-electron chi connectivity index (χ2n) is 15.7. The van der Waals surface area contributed by atoms with Crippen molar-refractivity contribution in [3.63, 3.8) is 0 Å². The highest BCUT2D eigenvalue weighted by atomic mass is 19.1. The van der Waals surface area contributed by atoms with Gasteiger partial charge in [0.2, 0.25) is 11.8 Å². The Morgan fingerprint density at radius 3 is 2.35 bits per heavy atom. The summed E-state index contributed by atoms with van der Waals surface area (Å²) in [7, 11) is 3.77. The van der Waals surface area contributed by atoms with Gasteiger partial charge in [-0.05, 0) is 112 Å². The number of hydrogen-bond acceptors (Lipinski definition) is 8. The standard InChI is InChI=1S/C40H50FN7O4/c1-25-19-35(33(41)21-32(25)31-9-10-36(49)44-37(31)50)47-15-11-40(12-16-47)13-17-48(18-14-40)39(52)28-7-5-27(6-8-28)29-20-30(24-45(3)23-29)43-34-22-42-46(4)38(51)26(34)2/h5-8,19,21-22,29-31,43H,9-18,20,23-24H2,1-4H3,(H,44,49,50)/t29-,30+,31?/m0/s1. The Morgan fingerprint density at radius 2 is 1.65 bits per heavy atom. The van der Waals surface area contributed by atoms with Gasteiger partial charge in [-0.3, -0.25) is 24.5 Å². The molecule has 2 aromatic carbocycles. The highest BCUT2D eigenvalue weighted by Crippen LogP contribution is 2.43. The maximum absolute atomic E-state index is 15.5. The van der Waals surface area contributed by atoms with E-state index in [2.05, 4.69) is 44.7 Å². The molecular formula is C40H50FN7O4. The number of likely N-dealkylation sites (tertiary alicyclic amines) is 2. The number of nitrogens with one attached hydrogen (secondary N) is 2. The number of aromatic nitrogens is 2. The van der Waals surface area contributed by atoms with Gasteiger partial charge in [-0.15, -0.1) is 0 Å². The van der Waals surface area contributed by atoms with Crippen molar-refractivity contribution in [2.24, 2.45) is 12.5 Å². The van der Waals surface area contributed by atoms with E-state index in [1.165, 1.54) is 16.3 Å². The topological polar surface area (TPSA) is 120 Å². The van der Waals surface area contributed by atoms with Gasteiger partial charge in [0.25, 0.3) is 11.5 Å². The summed E-state index contributed by atoms with van der Waals surface area (Å²) >= 11 is 0. The lowest BCUT2D eigenvalue weighted by atomic mass is 9.71. The molecule has 4 aliphatic rings. The number of anilines is 2. The SMILES string of the molecule is Cc1cc(N2CCC3(CCN(C(=O)c4ccc([C@H]5C[C@@H](Nc6cnn(C)c(=O)c6C)CN(C)C5)cc4)CC3)CC2)c(F)cc1C1CCC(=O)NC1=O. The van der Waals surface area contributed by atoms with E-state index in [1.54, 1.807) is 13.2 Å². The van der Waals surface area contributed by atoms with Gasteiger partial charge in [-0.25, -0.2) is 9.07 Å². The zero-order valence-corrected chi connectivity index (χ0v) is 30.7. The number of imide groups is 1. The average Bonchev–Trinajstić information content (AvgIpc) is 3.13. The molecule has 0 radical (unpaired) electrons. The van der Waals surface area contributed by atoms with Gasteiger partial charge in [0.05, 0.1) is 23.5 Å². The summed E-state index contributed by atoms with van der Waals surface area (Å²) in [5.74, 6) is -1.09. The fourth-order valence-corrected chi connectivity index (χ4v) is 8.96. The van der Waals surface area contributed by atoms with E-state index >= 15 is 4.39 Å². The van der Waals surface area contributed by atoms with Crippen LogP contribution in [0, 0.1) is 25.1 Å². The van der Waals surface area contributed by atoms with E-state index in [1.807, 2.05) is 36.9 Å². The third kappa shape index (κ3) is 7.22. The lowest BCUT2D eigenvalue weighted by molar-refractivity contribution is -0.134. The molecule has 0 saturated carbocycles. The molecule has 3 amide bonds. The van der Waals surface area contributed by atoms with E-state index in [9.17, 15) is 19.2 Å². The van der Waals surface area contributed by atoms with Gasteiger partial charge in [0.1, 0.15) is 5.82 Å². The van der Waals surface area contributed by atoms with Crippen LogP contribution in [0.5, 0.6) is 0 Å². The van der Waals surface area contributed by atoms with Crippen molar-refractivity contribution < 1.29 is 18.8 Å². The molecule has 7 rings (SSSR count). The minimum atomic E-state index is -0.506. The van der Waals surface area contributed by atoms with Gasteiger partial charge in [0.15, 0.2) is 0 Å². The lowest BCUT2D eigenvalue weighted by Crippen LogP contribution is -2.48. The van der Waals surface area contributed by atoms with Crippen LogP contribution in [0.3, 0.4) is 0 Å². The molecule has 1 aromatic heterocycles. The number of benzene rings is 2. The first-order valence-corrected chi connectivity index (χ1v) is 18.7. The van der Waals surface area contributed by atoms with Crippen molar-refractivity contribution in [3.05, 3.63) is 86.6 Å². The maximum Gasteiger partial charge on any atom is 0.271 e. The molecule has 276 valence electrons. The predicted octanol–water partition coefficient (Wildman–Crippen LogP) is 4.48. The molecule has 5 heterocycles. The Kier molecular flexibility index (Phi) is 9.95. The van der Waals surface area contributed by atoms with E-state index in [4.69, 9.17) is 0 Å². The van der Waals surface area contributed by atoms with E-state index in [0.717, 1.165) is 69.5 Å². The molecule has 0 aliphatic carbocycles. The number of piperidine rings is 4. The highest BCUT2D eigenvalue weighted by Gasteiger charge is 2.39. The second kappa shape index (κ2) is 14.4. The average molecular weight is 712 g/mol. The van der Waals surface area contributed by atoms with Gasteiger partial charge in [0, 0.05) is 69.9 Å². The molecule has 2 N–H and O–H groups in total. The number of amides is 3. The number of likely N-dealkylation sites (N-methyl/N-ethyl adjacent to an activating group) is 1. The summed E-state index contributed by atoms with van der Waals surface area (Å²) in [4.78, 5) is 56.5. The highest BCUT2D eigenvalue weighted by molar-refractivity contribution is 6.01. The molecular weight excluding hydrogens is 661 g/mol. The molecule has 4 fully saturated rings. The minimum Gasteiger partial charge on any atom is -0.379 e. The zero-order chi connectivity index (χ0) is 36.7. The van der Waals surface area contributed by atoms with Crippen molar-refractivity contribution in [1.82, 2.24) is 24.9 Å². The van der Waals surface area contributed by atoms with Crippen LogP contribution in [0.25, 0.3) is 0 Å². The number of carbonyl (C=O) groups excluding carboxylic acids is 3. The van der Waals surface area contributed by atoms with Crippen LogP contribution in [0.2, 0.25) is 0 Å². The number of rotatable bonds is 6. The van der Waals surface area contributed by atoms with Crippen LogP contribution in [0.4, 0.5) is 15.8 Å². The van der Waals surface area contributed by atoms with E-state index in [0.29, 0.717) is 47.8 Å². The van der Waals surface area contributed by atoms with Crippen molar-refractivity contribution in [1.29, 1.82) is 0 Å². The van der Waals surface area contributed by atoms with E-state index < -0.39 is 5.92 Å². The van der Waals surface area contributed by atoms with Crippen LogP contribution in [-0.4, -0.2) is 89.7 Å². The van der Waals surface area contributed by atoms with Crippen LogP contribution in [0.1, 0.15) is 89.4 Å². The predicted molar refractivity (Wildman–Crippen MR) is 198 cm³/mol. The van der Waals surface area contributed by atoms with Crippen molar-refractivity contribution in [2.45, 2.75) is 76.7 Å². The first-order chi connectivity index (χ1) is 24.9. The van der Waals surface area contributed by atoms with Gasteiger partial charge >= 0.3 is 0 Å².